The van der Waals surface area contributed by atoms with Gasteiger partial charge in [-0.15, -0.1) is 0 Å². The summed E-state index contributed by atoms with van der Waals surface area (Å²) in [7, 11) is -3.47. The molecular weight excluding hydrogens is 246 g/mol. The molecule has 0 saturated carbocycles. The first-order valence-electron chi connectivity index (χ1n) is 5.66. The summed E-state index contributed by atoms with van der Waals surface area (Å²) >= 11 is 0. The Labute approximate surface area is 101 Å². The van der Waals surface area contributed by atoms with Crippen LogP contribution in [-0.2, 0) is 15.0 Å². The van der Waals surface area contributed by atoms with Crippen LogP contribution < -0.4 is 10.5 Å². The van der Waals surface area contributed by atoms with Crippen molar-refractivity contribution in [2.24, 2.45) is 5.73 Å². The quantitative estimate of drug-likeness (QED) is 0.576. The van der Waals surface area contributed by atoms with E-state index in [2.05, 4.69) is 4.72 Å². The maximum Gasteiger partial charge on any atom is 0.320 e. The molecule has 1 rings (SSSR count). The molecule has 0 radical (unpaired) electrons. The van der Waals surface area contributed by atoms with Gasteiger partial charge in [-0.1, -0.05) is 6.42 Å². The third-order valence-corrected chi connectivity index (χ3v) is 4.33. The van der Waals surface area contributed by atoms with Crippen molar-refractivity contribution in [3.8, 4) is 0 Å². The van der Waals surface area contributed by atoms with Crippen LogP contribution in [0.1, 0.15) is 25.7 Å². The Morgan fingerprint density at radius 3 is 2.47 bits per heavy atom. The topological polar surface area (TPSA) is 113 Å². The number of carboxylic acids is 1. The highest BCUT2D eigenvalue weighted by molar-refractivity contribution is 7.87. The molecule has 7 nitrogen and oxygen atoms in total. The molecular formula is C9H19N3O4S. The molecule has 100 valence electrons. The van der Waals surface area contributed by atoms with E-state index in [0.29, 0.717) is 13.1 Å². The van der Waals surface area contributed by atoms with Gasteiger partial charge in [-0.05, 0) is 19.3 Å². The molecule has 4 N–H and O–H groups in total. The van der Waals surface area contributed by atoms with Crippen LogP contribution in [0.3, 0.4) is 0 Å². The number of nitrogens with zero attached hydrogens (tertiary/aromatic N) is 1. The second kappa shape index (κ2) is 6.29. The Morgan fingerprint density at radius 1 is 1.35 bits per heavy atom. The van der Waals surface area contributed by atoms with Crippen LogP contribution in [0.25, 0.3) is 0 Å². The van der Waals surface area contributed by atoms with Gasteiger partial charge in [0.25, 0.3) is 10.2 Å². The minimum Gasteiger partial charge on any atom is -0.480 e. The Hall–Kier alpha value is -0.700. The van der Waals surface area contributed by atoms with Crippen LogP contribution in [0.4, 0.5) is 0 Å². The first-order valence-corrected chi connectivity index (χ1v) is 7.10. The van der Waals surface area contributed by atoms with Crippen molar-refractivity contribution < 1.29 is 18.3 Å². The summed E-state index contributed by atoms with van der Waals surface area (Å²) in [6.07, 6.45) is 2.88. The zero-order valence-electron chi connectivity index (χ0n) is 9.63. The van der Waals surface area contributed by atoms with Crippen molar-refractivity contribution in [3.05, 3.63) is 0 Å². The van der Waals surface area contributed by atoms with Gasteiger partial charge in [0.05, 0.1) is 0 Å². The molecule has 0 spiro atoms. The zero-order chi connectivity index (χ0) is 12.9. The number of carboxylic acid groups (broad SMARTS) is 1. The molecule has 1 aliphatic rings. The van der Waals surface area contributed by atoms with Crippen molar-refractivity contribution >= 4 is 16.2 Å². The normalized spacial score (nSPS) is 20.1. The van der Waals surface area contributed by atoms with Gasteiger partial charge in [0.2, 0.25) is 0 Å². The lowest BCUT2D eigenvalue weighted by Crippen LogP contribution is -2.45. The van der Waals surface area contributed by atoms with Gasteiger partial charge in [-0.3, -0.25) is 4.79 Å². The molecule has 1 fully saturated rings. The fourth-order valence-corrected chi connectivity index (χ4v) is 2.96. The van der Waals surface area contributed by atoms with Crippen molar-refractivity contribution in [2.75, 3.05) is 19.6 Å². The van der Waals surface area contributed by atoms with Gasteiger partial charge >= 0.3 is 5.97 Å². The van der Waals surface area contributed by atoms with Crippen LogP contribution in [0.15, 0.2) is 0 Å². The van der Waals surface area contributed by atoms with Gasteiger partial charge in [0.15, 0.2) is 0 Å². The summed E-state index contributed by atoms with van der Waals surface area (Å²) in [5.74, 6) is -1.12. The lowest BCUT2D eigenvalue weighted by atomic mass is 10.2. The number of nitrogens with one attached hydrogen (secondary N) is 1. The summed E-state index contributed by atoms with van der Waals surface area (Å²) in [5, 5.41) is 8.55. The van der Waals surface area contributed by atoms with Crippen molar-refractivity contribution in [1.82, 2.24) is 9.03 Å². The lowest BCUT2D eigenvalue weighted by Gasteiger charge is -2.26. The number of piperidine rings is 1. The average Bonchev–Trinajstić information content (AvgIpc) is 2.29. The van der Waals surface area contributed by atoms with E-state index in [1.54, 1.807) is 0 Å². The minimum atomic E-state index is -3.47. The molecule has 0 aromatic heterocycles. The molecule has 1 heterocycles. The number of nitrogens with two attached hydrogens (primary N) is 1. The highest BCUT2D eigenvalue weighted by Gasteiger charge is 2.23. The highest BCUT2D eigenvalue weighted by Crippen LogP contribution is 2.11. The summed E-state index contributed by atoms with van der Waals surface area (Å²) in [6, 6.07) is -1.03. The van der Waals surface area contributed by atoms with Gasteiger partial charge in [0, 0.05) is 19.6 Å². The van der Waals surface area contributed by atoms with E-state index in [4.69, 9.17) is 10.8 Å². The predicted molar refractivity (Wildman–Crippen MR) is 62.6 cm³/mol. The number of carbonyl (C=O) groups is 1. The summed E-state index contributed by atoms with van der Waals surface area (Å²) < 4.78 is 27.3. The van der Waals surface area contributed by atoms with Crippen LogP contribution >= 0.6 is 0 Å². The van der Waals surface area contributed by atoms with Gasteiger partial charge < -0.3 is 10.8 Å². The smallest absolute Gasteiger partial charge is 0.320 e. The molecule has 0 unspecified atom stereocenters. The molecule has 1 aliphatic heterocycles. The van der Waals surface area contributed by atoms with Crippen LogP contribution in [0.5, 0.6) is 0 Å². The number of rotatable bonds is 6. The van der Waals surface area contributed by atoms with E-state index >= 15 is 0 Å². The van der Waals surface area contributed by atoms with Crippen molar-refractivity contribution in [3.63, 3.8) is 0 Å². The van der Waals surface area contributed by atoms with Crippen molar-refractivity contribution in [2.45, 2.75) is 31.7 Å². The maximum absolute atomic E-state index is 11.8. The fraction of sp³-hybridized carbons (Fsp3) is 0.889. The number of aliphatic carboxylic acids is 1. The molecule has 0 amide bonds. The fourth-order valence-electron chi connectivity index (χ4n) is 1.66. The standard InChI is InChI=1S/C9H19N3O4S/c10-8(9(13)14)4-5-11-17(15,16)12-6-2-1-3-7-12/h8,11H,1-7,10H2,(H,13,14)/t8-/m0/s1. The number of hydrogen-bond donors (Lipinski definition) is 3. The zero-order valence-corrected chi connectivity index (χ0v) is 10.4. The average molecular weight is 265 g/mol. The van der Waals surface area contributed by atoms with Gasteiger partial charge in [-0.2, -0.15) is 12.7 Å². The second-order valence-electron chi connectivity index (χ2n) is 4.09. The van der Waals surface area contributed by atoms with Crippen molar-refractivity contribution in [1.29, 1.82) is 0 Å². The first kappa shape index (κ1) is 14.4. The van der Waals surface area contributed by atoms with Crippen LogP contribution in [0.2, 0.25) is 0 Å². The molecule has 0 aliphatic carbocycles. The van der Waals surface area contributed by atoms with Crippen LogP contribution in [0, 0.1) is 0 Å². The van der Waals surface area contributed by atoms with Gasteiger partial charge in [-0.25, -0.2) is 4.72 Å². The van der Waals surface area contributed by atoms with Gasteiger partial charge in [0.1, 0.15) is 6.04 Å². The Morgan fingerprint density at radius 2 is 1.94 bits per heavy atom. The monoisotopic (exact) mass is 265 g/mol. The number of hydrogen-bond acceptors (Lipinski definition) is 4. The molecule has 1 atom stereocenters. The van der Waals surface area contributed by atoms with E-state index in [9.17, 15) is 13.2 Å². The third-order valence-electron chi connectivity index (χ3n) is 2.71. The minimum absolute atomic E-state index is 0.0479. The third kappa shape index (κ3) is 4.58. The largest absolute Gasteiger partial charge is 0.480 e. The second-order valence-corrected chi connectivity index (χ2v) is 5.85. The predicted octanol–water partition coefficient (Wildman–Crippen LogP) is -0.891. The molecule has 1 saturated heterocycles. The maximum atomic E-state index is 11.8. The lowest BCUT2D eigenvalue weighted by molar-refractivity contribution is -0.138. The van der Waals surface area contributed by atoms with E-state index < -0.39 is 22.2 Å². The molecule has 0 aromatic carbocycles. The van der Waals surface area contributed by atoms with E-state index in [-0.39, 0.29) is 13.0 Å². The Bertz CT molecular complexity index is 351. The molecule has 0 aromatic rings. The van der Waals surface area contributed by atoms with E-state index in [0.717, 1.165) is 19.3 Å². The summed E-state index contributed by atoms with van der Waals surface area (Å²) in [4.78, 5) is 10.4. The first-order chi connectivity index (χ1) is 7.93. The highest BCUT2D eigenvalue weighted by atomic mass is 32.2. The van der Waals surface area contributed by atoms with E-state index in [1.165, 1.54) is 4.31 Å². The summed E-state index contributed by atoms with van der Waals surface area (Å²) in [6.45, 7) is 1.10. The summed E-state index contributed by atoms with van der Waals surface area (Å²) in [5.41, 5.74) is 5.28. The molecule has 0 bridgehead atoms. The SMILES string of the molecule is N[C@@H](CCNS(=O)(=O)N1CCCCC1)C(=O)O. The van der Waals surface area contributed by atoms with Crippen LogP contribution in [-0.4, -0.2) is 49.5 Å². The molecule has 8 heteroatoms. The molecule has 17 heavy (non-hydrogen) atoms. The Balaban J connectivity index is 2.36. The van der Waals surface area contributed by atoms with E-state index in [1.807, 2.05) is 0 Å². The Kier molecular flexibility index (Phi) is 5.31.